The maximum absolute atomic E-state index is 11.4. The van der Waals surface area contributed by atoms with Crippen molar-refractivity contribution in [3.8, 4) is 0 Å². The summed E-state index contributed by atoms with van der Waals surface area (Å²) in [5.41, 5.74) is 7.59. The number of amides is 1. The molecule has 0 atom stereocenters. The van der Waals surface area contributed by atoms with Gasteiger partial charge in [-0.15, -0.1) is 0 Å². The summed E-state index contributed by atoms with van der Waals surface area (Å²) < 4.78 is 0. The summed E-state index contributed by atoms with van der Waals surface area (Å²) in [7, 11) is 0. The molecule has 0 saturated carbocycles. The Morgan fingerprint density at radius 3 is 2.48 bits per heavy atom. The molecule has 0 spiro atoms. The van der Waals surface area contributed by atoms with E-state index in [1.54, 1.807) is 24.3 Å². The molecule has 21 heavy (non-hydrogen) atoms. The largest absolute Gasteiger partial charge is 0.478 e. The molecule has 6 heteroatoms. The van der Waals surface area contributed by atoms with Crippen LogP contribution in [0.15, 0.2) is 36.4 Å². The number of benzene rings is 2. The number of hydrogen-bond acceptors (Lipinski definition) is 3. The average molecular weight is 305 g/mol. The second-order valence-corrected chi connectivity index (χ2v) is 4.95. The van der Waals surface area contributed by atoms with Crippen molar-refractivity contribution in [1.29, 1.82) is 0 Å². The van der Waals surface area contributed by atoms with E-state index in [1.807, 2.05) is 6.92 Å². The highest BCUT2D eigenvalue weighted by molar-refractivity contribution is 6.33. The number of primary amides is 1. The molecule has 2 rings (SSSR count). The molecular formula is C15H13ClN2O3. The molecular weight excluding hydrogens is 292 g/mol. The average Bonchev–Trinajstić information content (AvgIpc) is 2.40. The van der Waals surface area contributed by atoms with Crippen molar-refractivity contribution in [2.45, 2.75) is 6.92 Å². The molecule has 0 bridgehead atoms. The van der Waals surface area contributed by atoms with Crippen LogP contribution in [-0.4, -0.2) is 17.0 Å². The normalized spacial score (nSPS) is 10.2. The van der Waals surface area contributed by atoms with Gasteiger partial charge in [-0.2, -0.15) is 0 Å². The predicted octanol–water partition coefficient (Wildman–Crippen LogP) is 3.19. The first kappa shape index (κ1) is 14.9. The van der Waals surface area contributed by atoms with Gasteiger partial charge in [-0.05, 0) is 42.8 Å². The summed E-state index contributed by atoms with van der Waals surface area (Å²) in [6.45, 7) is 1.88. The molecule has 0 aliphatic heterocycles. The van der Waals surface area contributed by atoms with E-state index in [0.717, 1.165) is 5.56 Å². The Labute approximate surface area is 126 Å². The fourth-order valence-electron chi connectivity index (χ4n) is 1.90. The minimum Gasteiger partial charge on any atom is -0.478 e. The van der Waals surface area contributed by atoms with Crippen molar-refractivity contribution in [2.24, 2.45) is 5.73 Å². The van der Waals surface area contributed by atoms with Gasteiger partial charge in [0.05, 0.1) is 21.8 Å². The lowest BCUT2D eigenvalue weighted by Crippen LogP contribution is -2.13. The number of aromatic carboxylic acids is 1. The van der Waals surface area contributed by atoms with E-state index in [-0.39, 0.29) is 10.6 Å². The molecule has 108 valence electrons. The number of nitrogens with one attached hydrogen (secondary N) is 1. The fraction of sp³-hybridized carbons (Fsp3) is 0.0667. The molecule has 0 radical (unpaired) electrons. The molecule has 0 unspecified atom stereocenters. The number of nitrogens with two attached hydrogens (primary N) is 1. The van der Waals surface area contributed by atoms with Gasteiger partial charge in [-0.25, -0.2) is 4.79 Å². The Morgan fingerprint density at radius 1 is 1.14 bits per heavy atom. The van der Waals surface area contributed by atoms with Crippen molar-refractivity contribution in [3.05, 3.63) is 58.1 Å². The van der Waals surface area contributed by atoms with E-state index in [1.165, 1.54) is 12.1 Å². The van der Waals surface area contributed by atoms with Crippen LogP contribution in [0, 0.1) is 6.92 Å². The van der Waals surface area contributed by atoms with Gasteiger partial charge in [-0.1, -0.05) is 17.7 Å². The zero-order valence-electron chi connectivity index (χ0n) is 11.2. The predicted molar refractivity (Wildman–Crippen MR) is 81.4 cm³/mol. The van der Waals surface area contributed by atoms with Crippen molar-refractivity contribution < 1.29 is 14.7 Å². The van der Waals surface area contributed by atoms with Gasteiger partial charge in [0.1, 0.15) is 0 Å². The third kappa shape index (κ3) is 3.32. The lowest BCUT2D eigenvalue weighted by Gasteiger charge is -2.12. The van der Waals surface area contributed by atoms with Crippen LogP contribution >= 0.6 is 11.6 Å². The Balaban J connectivity index is 2.43. The number of carbonyl (C=O) groups excluding carboxylic acids is 1. The summed E-state index contributed by atoms with van der Waals surface area (Å²) in [5.74, 6) is -1.69. The summed E-state index contributed by atoms with van der Waals surface area (Å²) >= 11 is 5.82. The summed E-state index contributed by atoms with van der Waals surface area (Å²) in [6, 6.07) is 9.66. The topological polar surface area (TPSA) is 92.4 Å². The Kier molecular flexibility index (Phi) is 4.14. The smallest absolute Gasteiger partial charge is 0.337 e. The van der Waals surface area contributed by atoms with Crippen molar-refractivity contribution in [3.63, 3.8) is 0 Å². The molecule has 0 heterocycles. The van der Waals surface area contributed by atoms with E-state index in [9.17, 15) is 9.59 Å². The minimum absolute atomic E-state index is 0.0186. The van der Waals surface area contributed by atoms with Gasteiger partial charge < -0.3 is 16.2 Å². The first-order valence-electron chi connectivity index (χ1n) is 6.09. The quantitative estimate of drug-likeness (QED) is 0.808. The third-order valence-corrected chi connectivity index (χ3v) is 3.25. The van der Waals surface area contributed by atoms with Crippen LogP contribution < -0.4 is 11.1 Å². The lowest BCUT2D eigenvalue weighted by atomic mass is 10.1. The van der Waals surface area contributed by atoms with Crippen molar-refractivity contribution in [2.75, 3.05) is 5.32 Å². The number of hydrogen-bond donors (Lipinski definition) is 3. The highest BCUT2D eigenvalue weighted by Gasteiger charge is 2.12. The Hall–Kier alpha value is -2.53. The second kappa shape index (κ2) is 5.85. The van der Waals surface area contributed by atoms with Crippen LogP contribution in [-0.2, 0) is 0 Å². The molecule has 1 amide bonds. The lowest BCUT2D eigenvalue weighted by molar-refractivity contribution is 0.0697. The number of halogens is 1. The second-order valence-electron chi connectivity index (χ2n) is 4.54. The monoisotopic (exact) mass is 304 g/mol. The molecule has 0 aliphatic rings. The van der Waals surface area contributed by atoms with Crippen LogP contribution in [0.4, 0.5) is 11.4 Å². The number of rotatable bonds is 4. The summed E-state index contributed by atoms with van der Waals surface area (Å²) in [5, 5.41) is 12.2. The minimum atomic E-state index is -1.12. The maximum atomic E-state index is 11.4. The molecule has 4 N–H and O–H groups in total. The van der Waals surface area contributed by atoms with Gasteiger partial charge in [0, 0.05) is 5.69 Å². The van der Waals surface area contributed by atoms with Gasteiger partial charge in [-0.3, -0.25) is 4.79 Å². The van der Waals surface area contributed by atoms with Crippen LogP contribution in [0.2, 0.25) is 5.02 Å². The first-order valence-corrected chi connectivity index (χ1v) is 6.46. The molecule has 2 aromatic carbocycles. The van der Waals surface area contributed by atoms with E-state index >= 15 is 0 Å². The van der Waals surface area contributed by atoms with E-state index < -0.39 is 11.9 Å². The van der Waals surface area contributed by atoms with Crippen LogP contribution in [0.25, 0.3) is 0 Å². The Bertz CT molecular complexity index is 729. The van der Waals surface area contributed by atoms with Crippen LogP contribution in [0.5, 0.6) is 0 Å². The third-order valence-electron chi connectivity index (χ3n) is 2.92. The summed E-state index contributed by atoms with van der Waals surface area (Å²) in [6.07, 6.45) is 0. The fourth-order valence-corrected chi connectivity index (χ4v) is 2.10. The molecule has 2 aromatic rings. The number of carboxylic acid groups (broad SMARTS) is 1. The van der Waals surface area contributed by atoms with Crippen LogP contribution in [0.3, 0.4) is 0 Å². The summed E-state index contributed by atoms with van der Waals surface area (Å²) in [4.78, 5) is 22.5. The standard InChI is InChI=1S/C15H13ClN2O3/c1-8-2-4-10(14(17)19)13(6-8)18-9-3-5-12(16)11(7-9)15(20)21/h2-7,18H,1H3,(H2,17,19)(H,20,21). The van der Waals surface area contributed by atoms with E-state index in [0.29, 0.717) is 16.9 Å². The van der Waals surface area contributed by atoms with Crippen molar-refractivity contribution in [1.82, 2.24) is 0 Å². The van der Waals surface area contributed by atoms with Crippen molar-refractivity contribution >= 4 is 34.9 Å². The van der Waals surface area contributed by atoms with E-state index in [2.05, 4.69) is 5.32 Å². The number of carboxylic acids is 1. The van der Waals surface area contributed by atoms with Gasteiger partial charge in [0.25, 0.3) is 5.91 Å². The molecule has 0 aromatic heterocycles. The first-order chi connectivity index (χ1) is 9.88. The number of aryl methyl sites for hydroxylation is 1. The van der Waals surface area contributed by atoms with Gasteiger partial charge in [0.15, 0.2) is 0 Å². The SMILES string of the molecule is Cc1ccc(C(N)=O)c(Nc2ccc(Cl)c(C(=O)O)c2)c1. The molecule has 0 saturated heterocycles. The highest BCUT2D eigenvalue weighted by atomic mass is 35.5. The Morgan fingerprint density at radius 2 is 1.86 bits per heavy atom. The molecule has 0 fully saturated rings. The zero-order chi connectivity index (χ0) is 15.6. The molecule has 5 nitrogen and oxygen atoms in total. The number of carbonyl (C=O) groups is 2. The number of anilines is 2. The van der Waals surface area contributed by atoms with Gasteiger partial charge >= 0.3 is 5.97 Å². The van der Waals surface area contributed by atoms with Gasteiger partial charge in [0.2, 0.25) is 0 Å². The maximum Gasteiger partial charge on any atom is 0.337 e. The highest BCUT2D eigenvalue weighted by Crippen LogP contribution is 2.26. The zero-order valence-corrected chi connectivity index (χ0v) is 11.9. The van der Waals surface area contributed by atoms with Crippen LogP contribution in [0.1, 0.15) is 26.3 Å². The van der Waals surface area contributed by atoms with E-state index in [4.69, 9.17) is 22.4 Å². The molecule has 0 aliphatic carbocycles.